The molecular weight excluding hydrogens is 583 g/mol. The number of nitrogens with zero attached hydrogens (tertiary/aromatic N) is 1. The Labute approximate surface area is 248 Å². The average molecular weight is 618 g/mol. The number of carbonyl (C=O) groups is 3. The van der Waals surface area contributed by atoms with Crippen molar-refractivity contribution in [2.24, 2.45) is 5.92 Å². The third-order valence-corrected chi connectivity index (χ3v) is 12.5. The standard InChI is InChI=1S/C30H34F3N3O6Si/c1-29(2,3)43(21-12-6-4-7-13-21,22-14-8-5-9-15-22)41-19-24-23(37)17-25(42-24)36-18-20(26(38)35-28(36)40)11-10-16-34-27(39)30(31,32)33/h4-9,12-15,20,23-25,37H,16-19H2,1-3H3,(H,34,39)(H,35,38,40)/t20?,23-,24+,25+/m0/s1. The number of urea groups is 1. The van der Waals surface area contributed by atoms with Gasteiger partial charge in [-0.2, -0.15) is 13.2 Å². The molecular formula is C30H34F3N3O6Si. The topological polar surface area (TPSA) is 117 Å². The Hall–Kier alpha value is -3.70. The molecule has 2 saturated heterocycles. The third kappa shape index (κ3) is 7.10. The van der Waals surface area contributed by atoms with Crippen LogP contribution in [-0.4, -0.2) is 80.5 Å². The Bertz CT molecular complexity index is 1340. The van der Waals surface area contributed by atoms with Gasteiger partial charge in [0.25, 0.3) is 8.32 Å². The van der Waals surface area contributed by atoms with Crippen LogP contribution in [0.4, 0.5) is 18.0 Å². The number of imide groups is 1. The molecule has 4 rings (SSSR count). The number of carbonyl (C=O) groups excluding carboxylic acids is 3. The quantitative estimate of drug-likeness (QED) is 0.323. The second kappa shape index (κ2) is 12.9. The van der Waals surface area contributed by atoms with Gasteiger partial charge in [-0.15, -0.1) is 0 Å². The van der Waals surface area contributed by atoms with E-state index in [2.05, 4.69) is 37.9 Å². The smallest absolute Gasteiger partial charge is 0.405 e. The van der Waals surface area contributed by atoms with Gasteiger partial charge in [-0.05, 0) is 15.4 Å². The van der Waals surface area contributed by atoms with E-state index in [0.717, 1.165) is 10.4 Å². The van der Waals surface area contributed by atoms with Crippen molar-refractivity contribution in [3.05, 3.63) is 60.7 Å². The van der Waals surface area contributed by atoms with Gasteiger partial charge in [0.2, 0.25) is 5.91 Å². The zero-order chi connectivity index (χ0) is 31.4. The molecule has 43 heavy (non-hydrogen) atoms. The van der Waals surface area contributed by atoms with Crippen molar-refractivity contribution in [1.29, 1.82) is 0 Å². The van der Waals surface area contributed by atoms with Gasteiger partial charge < -0.3 is 19.6 Å². The number of alkyl halides is 3. The number of nitrogens with one attached hydrogen (secondary N) is 2. The summed E-state index contributed by atoms with van der Waals surface area (Å²) >= 11 is 0. The van der Waals surface area contributed by atoms with Crippen LogP contribution in [0.25, 0.3) is 0 Å². The molecule has 2 aliphatic heterocycles. The van der Waals surface area contributed by atoms with Crippen LogP contribution in [0.3, 0.4) is 0 Å². The van der Waals surface area contributed by atoms with Crippen LogP contribution in [0.5, 0.6) is 0 Å². The number of rotatable bonds is 7. The molecule has 2 aromatic carbocycles. The molecule has 4 amide bonds. The van der Waals surface area contributed by atoms with Crippen LogP contribution in [0.15, 0.2) is 60.7 Å². The molecule has 230 valence electrons. The monoisotopic (exact) mass is 617 g/mol. The van der Waals surface area contributed by atoms with E-state index >= 15 is 0 Å². The summed E-state index contributed by atoms with van der Waals surface area (Å²) in [6.07, 6.45) is -7.65. The van der Waals surface area contributed by atoms with E-state index in [-0.39, 0.29) is 24.6 Å². The Morgan fingerprint density at radius 2 is 1.67 bits per heavy atom. The molecule has 0 bridgehead atoms. The fourth-order valence-electron chi connectivity index (χ4n) is 5.41. The highest BCUT2D eigenvalue weighted by molar-refractivity contribution is 6.99. The minimum absolute atomic E-state index is 0.0431. The number of halogens is 3. The van der Waals surface area contributed by atoms with Gasteiger partial charge in [-0.25, -0.2) is 4.79 Å². The van der Waals surface area contributed by atoms with Crippen LogP contribution in [0.1, 0.15) is 27.2 Å². The lowest BCUT2D eigenvalue weighted by Gasteiger charge is -2.43. The first kappa shape index (κ1) is 32.2. The predicted molar refractivity (Wildman–Crippen MR) is 153 cm³/mol. The minimum Gasteiger partial charge on any atom is -0.405 e. The summed E-state index contributed by atoms with van der Waals surface area (Å²) in [4.78, 5) is 37.2. The highest BCUT2D eigenvalue weighted by Gasteiger charge is 2.52. The van der Waals surface area contributed by atoms with Crippen LogP contribution in [0, 0.1) is 17.8 Å². The zero-order valence-electron chi connectivity index (χ0n) is 24.0. The average Bonchev–Trinajstić information content (AvgIpc) is 3.32. The van der Waals surface area contributed by atoms with Crippen LogP contribution < -0.4 is 21.0 Å². The van der Waals surface area contributed by atoms with Crippen molar-refractivity contribution < 1.29 is 41.8 Å². The van der Waals surface area contributed by atoms with Crippen LogP contribution in [-0.2, 0) is 18.8 Å². The number of amides is 4. The van der Waals surface area contributed by atoms with E-state index < -0.39 is 63.2 Å². The summed E-state index contributed by atoms with van der Waals surface area (Å²) in [6.45, 7) is 5.58. The first-order valence-electron chi connectivity index (χ1n) is 13.8. The van der Waals surface area contributed by atoms with E-state index in [1.807, 2.05) is 60.7 Å². The van der Waals surface area contributed by atoms with Gasteiger partial charge in [-0.3, -0.25) is 19.8 Å². The van der Waals surface area contributed by atoms with Crippen LogP contribution >= 0.6 is 0 Å². The molecule has 0 spiro atoms. The van der Waals surface area contributed by atoms with Gasteiger partial charge in [0.15, 0.2) is 0 Å². The molecule has 0 aromatic heterocycles. The second-order valence-corrected chi connectivity index (χ2v) is 15.7. The lowest BCUT2D eigenvalue weighted by atomic mass is 10.1. The Morgan fingerprint density at radius 1 is 1.09 bits per heavy atom. The maximum atomic E-state index is 12.7. The molecule has 2 heterocycles. The highest BCUT2D eigenvalue weighted by Crippen LogP contribution is 2.37. The van der Waals surface area contributed by atoms with Crippen molar-refractivity contribution in [2.45, 2.75) is 56.8 Å². The third-order valence-electron chi connectivity index (χ3n) is 7.49. The maximum absolute atomic E-state index is 12.7. The normalized spacial score (nSPS) is 22.9. The van der Waals surface area contributed by atoms with Crippen molar-refractivity contribution in [1.82, 2.24) is 15.5 Å². The SMILES string of the molecule is CC(C)(C)[Si](OC[C@H]1O[C@@H](N2CC(C#CCNC(=O)C(F)(F)F)C(=O)NC2=O)C[C@@H]1O)(c1ccccc1)c1ccccc1. The Morgan fingerprint density at radius 3 is 2.21 bits per heavy atom. The van der Waals surface area contributed by atoms with E-state index in [9.17, 15) is 32.7 Å². The summed E-state index contributed by atoms with van der Waals surface area (Å²) in [5, 5.41) is 16.5. The maximum Gasteiger partial charge on any atom is 0.471 e. The van der Waals surface area contributed by atoms with Gasteiger partial charge in [0.05, 0.1) is 19.3 Å². The number of aliphatic hydroxyl groups excluding tert-OH is 1. The van der Waals surface area contributed by atoms with E-state index in [4.69, 9.17) is 9.16 Å². The van der Waals surface area contributed by atoms with Gasteiger partial charge >= 0.3 is 18.1 Å². The van der Waals surface area contributed by atoms with Gasteiger partial charge in [-0.1, -0.05) is 93.3 Å². The lowest BCUT2D eigenvalue weighted by Crippen LogP contribution is -2.67. The van der Waals surface area contributed by atoms with E-state index in [0.29, 0.717) is 0 Å². The summed E-state index contributed by atoms with van der Waals surface area (Å²) in [5.41, 5.74) is 0. The van der Waals surface area contributed by atoms with Crippen molar-refractivity contribution in [3.63, 3.8) is 0 Å². The summed E-state index contributed by atoms with van der Waals surface area (Å²) < 4.78 is 50.1. The van der Waals surface area contributed by atoms with Gasteiger partial charge in [0.1, 0.15) is 18.2 Å². The fourth-order valence-corrected chi connectivity index (χ4v) is 9.98. The summed E-state index contributed by atoms with van der Waals surface area (Å²) in [5.74, 6) is 0.882. The largest absolute Gasteiger partial charge is 0.471 e. The Balaban J connectivity index is 1.48. The van der Waals surface area contributed by atoms with Crippen LogP contribution in [0.2, 0.25) is 5.04 Å². The number of hydrogen-bond acceptors (Lipinski definition) is 6. The summed E-state index contributed by atoms with van der Waals surface area (Å²) in [7, 11) is -2.93. The minimum atomic E-state index is -5.05. The Kier molecular flexibility index (Phi) is 9.65. The first-order valence-corrected chi connectivity index (χ1v) is 15.7. The summed E-state index contributed by atoms with van der Waals surface area (Å²) in [6, 6.07) is 19.2. The molecule has 1 unspecified atom stereocenters. The van der Waals surface area contributed by atoms with E-state index in [1.54, 1.807) is 5.32 Å². The van der Waals surface area contributed by atoms with Gasteiger partial charge in [0, 0.05) is 13.0 Å². The highest BCUT2D eigenvalue weighted by atomic mass is 28.4. The molecule has 2 fully saturated rings. The molecule has 3 N–H and O–H groups in total. The fraction of sp³-hybridized carbons (Fsp3) is 0.433. The van der Waals surface area contributed by atoms with Crippen molar-refractivity contribution in [3.8, 4) is 11.8 Å². The zero-order valence-corrected chi connectivity index (χ0v) is 25.0. The molecule has 2 aliphatic rings. The first-order chi connectivity index (χ1) is 20.2. The number of hydrogen-bond donors (Lipinski definition) is 3. The predicted octanol–water partition coefficient (Wildman–Crippen LogP) is 1.89. The number of benzene rings is 2. The van der Waals surface area contributed by atoms with E-state index in [1.165, 1.54) is 4.90 Å². The van der Waals surface area contributed by atoms with Crippen molar-refractivity contribution in [2.75, 3.05) is 19.7 Å². The number of aliphatic hydroxyl groups is 1. The molecule has 2 aromatic rings. The lowest BCUT2D eigenvalue weighted by molar-refractivity contribution is -0.173. The molecule has 0 saturated carbocycles. The molecule has 0 aliphatic carbocycles. The molecule has 9 nitrogen and oxygen atoms in total. The number of ether oxygens (including phenoxy) is 1. The second-order valence-electron chi connectivity index (χ2n) is 11.4. The molecule has 4 atom stereocenters. The molecule has 13 heteroatoms. The molecule has 0 radical (unpaired) electrons. The van der Waals surface area contributed by atoms with Crippen molar-refractivity contribution >= 4 is 36.5 Å².